The third-order valence-corrected chi connectivity index (χ3v) is 7.00. The average Bonchev–Trinajstić information content (AvgIpc) is 3.12. The van der Waals surface area contributed by atoms with Gasteiger partial charge >= 0.3 is 5.97 Å². The lowest BCUT2D eigenvalue weighted by Crippen LogP contribution is -2.55. The molecule has 0 aromatic heterocycles. The molecule has 1 N–H and O–H groups in total. The van der Waals surface area contributed by atoms with Crippen molar-refractivity contribution < 1.29 is 19.4 Å². The molecule has 0 bridgehead atoms. The molecule has 1 spiro atoms. The van der Waals surface area contributed by atoms with Crippen LogP contribution >= 0.6 is 0 Å². The first-order chi connectivity index (χ1) is 14.7. The number of rotatable bonds is 3. The summed E-state index contributed by atoms with van der Waals surface area (Å²) < 4.78 is 6.09. The van der Waals surface area contributed by atoms with E-state index in [9.17, 15) is 14.7 Å². The van der Waals surface area contributed by atoms with Gasteiger partial charge in [0.2, 0.25) is 0 Å². The molecule has 31 heavy (non-hydrogen) atoms. The molecule has 2 aliphatic rings. The lowest BCUT2D eigenvalue weighted by Gasteiger charge is -2.46. The van der Waals surface area contributed by atoms with Crippen LogP contribution in [0.4, 0.5) is 0 Å². The number of carboxylic acid groups (broad SMARTS) is 1. The molecule has 1 saturated carbocycles. The summed E-state index contributed by atoms with van der Waals surface area (Å²) in [6, 6.07) is 16.4. The van der Waals surface area contributed by atoms with Gasteiger partial charge in [0, 0.05) is 5.56 Å². The smallest absolute Gasteiger partial charge is 0.328 e. The molecule has 0 unspecified atom stereocenters. The minimum absolute atomic E-state index is 0.0450. The third kappa shape index (κ3) is 4.11. The van der Waals surface area contributed by atoms with Crippen molar-refractivity contribution in [3.63, 3.8) is 0 Å². The fraction of sp³-hybridized carbons (Fsp3) is 0.462. The van der Waals surface area contributed by atoms with Gasteiger partial charge in [0.15, 0.2) is 6.04 Å². The second-order valence-electron chi connectivity index (χ2n) is 9.87. The first-order valence-corrected chi connectivity index (χ1v) is 11.1. The molecule has 2 aromatic rings. The van der Waals surface area contributed by atoms with Gasteiger partial charge in [-0.25, -0.2) is 4.79 Å². The highest BCUT2D eigenvalue weighted by atomic mass is 16.5. The second-order valence-corrected chi connectivity index (χ2v) is 9.87. The van der Waals surface area contributed by atoms with Gasteiger partial charge < -0.3 is 9.84 Å². The summed E-state index contributed by atoms with van der Waals surface area (Å²) in [5, 5.41) is 9.79. The molecule has 1 saturated heterocycles. The molecule has 1 heterocycles. The molecule has 1 amide bonds. The summed E-state index contributed by atoms with van der Waals surface area (Å²) >= 11 is 0. The average molecular weight is 422 g/mol. The summed E-state index contributed by atoms with van der Waals surface area (Å²) in [7, 11) is 0. The molecular weight excluding hydrogens is 390 g/mol. The fourth-order valence-corrected chi connectivity index (χ4v) is 5.07. The Morgan fingerprint density at radius 1 is 0.968 bits per heavy atom. The van der Waals surface area contributed by atoms with Crippen molar-refractivity contribution in [3.8, 4) is 11.1 Å². The SMILES string of the molecule is CC(C)(C)C1CCC2(CC1)OC[C@@H](C(=O)O)N2C(=O)c1ccc(-c2ccccc2)cc1. The van der Waals surface area contributed by atoms with E-state index < -0.39 is 17.7 Å². The molecule has 4 rings (SSSR count). The zero-order chi connectivity index (χ0) is 22.2. The van der Waals surface area contributed by atoms with Crippen LogP contribution in [0.15, 0.2) is 54.6 Å². The Hall–Kier alpha value is -2.66. The van der Waals surface area contributed by atoms with Crippen LogP contribution < -0.4 is 0 Å². The quantitative estimate of drug-likeness (QED) is 0.739. The van der Waals surface area contributed by atoms with E-state index in [4.69, 9.17) is 4.74 Å². The zero-order valence-corrected chi connectivity index (χ0v) is 18.5. The largest absolute Gasteiger partial charge is 0.480 e. The molecule has 1 atom stereocenters. The Balaban J connectivity index is 1.60. The van der Waals surface area contributed by atoms with E-state index >= 15 is 0 Å². The van der Waals surface area contributed by atoms with E-state index in [2.05, 4.69) is 20.8 Å². The lowest BCUT2D eigenvalue weighted by atomic mass is 9.70. The number of benzene rings is 2. The van der Waals surface area contributed by atoms with E-state index in [0.717, 1.165) is 24.0 Å². The number of carbonyl (C=O) groups excluding carboxylic acids is 1. The van der Waals surface area contributed by atoms with Crippen molar-refractivity contribution >= 4 is 11.9 Å². The minimum atomic E-state index is -1.01. The van der Waals surface area contributed by atoms with E-state index in [-0.39, 0.29) is 17.9 Å². The maximum atomic E-state index is 13.5. The van der Waals surface area contributed by atoms with Crippen molar-refractivity contribution in [3.05, 3.63) is 60.2 Å². The Bertz CT molecular complexity index is 938. The topological polar surface area (TPSA) is 66.8 Å². The van der Waals surface area contributed by atoms with Crippen LogP contribution in [0, 0.1) is 11.3 Å². The Morgan fingerprint density at radius 2 is 1.55 bits per heavy atom. The van der Waals surface area contributed by atoms with Crippen molar-refractivity contribution in [1.29, 1.82) is 0 Å². The predicted octanol–water partition coefficient (Wildman–Crippen LogP) is 5.21. The van der Waals surface area contributed by atoms with Gasteiger partial charge in [0.25, 0.3) is 5.91 Å². The van der Waals surface area contributed by atoms with Gasteiger partial charge in [-0.05, 0) is 60.3 Å². The standard InChI is InChI=1S/C26H31NO4/c1-25(2,3)21-13-15-26(16-14-21)27(22(17-31-26)24(29)30)23(28)20-11-9-19(10-12-20)18-7-5-4-6-8-18/h4-12,21-22H,13-17H2,1-3H3,(H,29,30)/t21?,22-,26?/m0/s1. The summed E-state index contributed by atoms with van der Waals surface area (Å²) in [6.07, 6.45) is 3.19. The van der Waals surface area contributed by atoms with Gasteiger partial charge in [-0.1, -0.05) is 63.2 Å². The molecular formula is C26H31NO4. The lowest BCUT2D eigenvalue weighted by molar-refractivity contribution is -0.144. The van der Waals surface area contributed by atoms with Gasteiger partial charge in [0.1, 0.15) is 5.72 Å². The van der Waals surface area contributed by atoms with Gasteiger partial charge in [-0.2, -0.15) is 0 Å². The first kappa shape index (κ1) is 21.6. The van der Waals surface area contributed by atoms with Crippen LogP contribution in [0.3, 0.4) is 0 Å². The normalized spacial score (nSPS) is 26.2. The number of hydrogen-bond donors (Lipinski definition) is 1. The molecule has 1 aliphatic carbocycles. The van der Waals surface area contributed by atoms with Crippen LogP contribution in [0.25, 0.3) is 11.1 Å². The maximum Gasteiger partial charge on any atom is 0.328 e. The molecule has 0 radical (unpaired) electrons. The van der Waals surface area contributed by atoms with Crippen LogP contribution in [-0.4, -0.2) is 40.3 Å². The highest BCUT2D eigenvalue weighted by Crippen LogP contribution is 2.47. The summed E-state index contributed by atoms with van der Waals surface area (Å²) in [6.45, 7) is 6.76. The summed E-state index contributed by atoms with van der Waals surface area (Å²) in [5.41, 5.74) is 1.96. The van der Waals surface area contributed by atoms with Crippen LogP contribution in [0.5, 0.6) is 0 Å². The number of ether oxygens (including phenoxy) is 1. The van der Waals surface area contributed by atoms with Crippen molar-refractivity contribution in [1.82, 2.24) is 4.90 Å². The highest BCUT2D eigenvalue weighted by Gasteiger charge is 2.54. The Morgan fingerprint density at radius 3 is 2.10 bits per heavy atom. The van der Waals surface area contributed by atoms with Crippen molar-refractivity contribution in [2.75, 3.05) is 6.61 Å². The predicted molar refractivity (Wildman–Crippen MR) is 120 cm³/mol. The monoisotopic (exact) mass is 421 g/mol. The Kier molecular flexibility index (Phi) is 5.65. The zero-order valence-electron chi connectivity index (χ0n) is 18.5. The molecule has 1 aliphatic heterocycles. The minimum Gasteiger partial charge on any atom is -0.480 e. The van der Waals surface area contributed by atoms with Gasteiger partial charge in [-0.3, -0.25) is 9.69 Å². The molecule has 2 aromatic carbocycles. The van der Waals surface area contributed by atoms with Crippen LogP contribution in [0.2, 0.25) is 0 Å². The number of carboxylic acids is 1. The van der Waals surface area contributed by atoms with Crippen LogP contribution in [-0.2, 0) is 9.53 Å². The third-order valence-electron chi connectivity index (χ3n) is 7.00. The van der Waals surface area contributed by atoms with E-state index in [1.165, 1.54) is 4.90 Å². The number of amides is 1. The number of hydrogen-bond acceptors (Lipinski definition) is 3. The summed E-state index contributed by atoms with van der Waals surface area (Å²) in [5.74, 6) is -0.740. The molecule has 164 valence electrons. The van der Waals surface area contributed by atoms with Crippen molar-refractivity contribution in [2.24, 2.45) is 11.3 Å². The van der Waals surface area contributed by atoms with E-state index in [0.29, 0.717) is 24.3 Å². The Labute approximate surface area is 184 Å². The van der Waals surface area contributed by atoms with Crippen LogP contribution in [0.1, 0.15) is 56.8 Å². The number of nitrogens with zero attached hydrogens (tertiary/aromatic N) is 1. The summed E-state index contributed by atoms with van der Waals surface area (Å²) in [4.78, 5) is 27.0. The fourth-order valence-electron chi connectivity index (χ4n) is 5.07. The first-order valence-electron chi connectivity index (χ1n) is 11.1. The molecule has 2 fully saturated rings. The van der Waals surface area contributed by atoms with E-state index in [1.54, 1.807) is 12.1 Å². The van der Waals surface area contributed by atoms with Crippen molar-refractivity contribution in [2.45, 2.75) is 58.2 Å². The second kappa shape index (κ2) is 8.12. The highest BCUT2D eigenvalue weighted by molar-refractivity contribution is 5.97. The van der Waals surface area contributed by atoms with Gasteiger partial charge in [0.05, 0.1) is 6.61 Å². The molecule has 5 heteroatoms. The van der Waals surface area contributed by atoms with Gasteiger partial charge in [-0.15, -0.1) is 0 Å². The maximum absolute atomic E-state index is 13.5. The number of aliphatic carboxylic acids is 1. The molecule has 5 nitrogen and oxygen atoms in total. The number of carbonyl (C=O) groups is 2. The van der Waals surface area contributed by atoms with E-state index in [1.807, 2.05) is 42.5 Å².